The molecule has 27 heavy (non-hydrogen) atoms. The SMILES string of the molecule is CC(C)(C)CCN[C@@H]1C[C@H]2CN(c3ccc(OC(F)(F)F)cc3)C(=O)N2C1. The summed E-state index contributed by atoms with van der Waals surface area (Å²) >= 11 is 0. The molecule has 2 atom stereocenters. The van der Waals surface area contributed by atoms with E-state index in [1.165, 1.54) is 24.3 Å². The Morgan fingerprint density at radius 2 is 1.81 bits per heavy atom. The summed E-state index contributed by atoms with van der Waals surface area (Å²) in [6, 6.07) is 5.78. The first-order valence-corrected chi connectivity index (χ1v) is 9.19. The second-order valence-electron chi connectivity index (χ2n) is 8.44. The molecule has 2 amide bonds. The Kier molecular flexibility index (Phi) is 5.29. The zero-order chi connectivity index (χ0) is 19.8. The first-order chi connectivity index (χ1) is 12.5. The minimum Gasteiger partial charge on any atom is -0.406 e. The monoisotopic (exact) mass is 385 g/mol. The fraction of sp³-hybridized carbons (Fsp3) is 0.632. The van der Waals surface area contributed by atoms with Crippen LogP contribution in [0.25, 0.3) is 0 Å². The highest BCUT2D eigenvalue weighted by Gasteiger charge is 2.44. The van der Waals surface area contributed by atoms with Crippen molar-refractivity contribution in [1.29, 1.82) is 0 Å². The number of rotatable bonds is 5. The third-order valence-electron chi connectivity index (χ3n) is 4.97. The molecule has 3 rings (SSSR count). The number of nitrogens with zero attached hydrogens (tertiary/aromatic N) is 2. The third-order valence-corrected chi connectivity index (χ3v) is 4.97. The zero-order valence-corrected chi connectivity index (χ0v) is 15.8. The van der Waals surface area contributed by atoms with E-state index < -0.39 is 6.36 Å². The number of urea groups is 1. The summed E-state index contributed by atoms with van der Waals surface area (Å²) in [5, 5.41) is 3.54. The summed E-state index contributed by atoms with van der Waals surface area (Å²) in [6.07, 6.45) is -2.76. The van der Waals surface area contributed by atoms with E-state index in [0.29, 0.717) is 24.8 Å². The molecule has 2 saturated heterocycles. The highest BCUT2D eigenvalue weighted by Crippen LogP contribution is 2.32. The van der Waals surface area contributed by atoms with Gasteiger partial charge in [-0.1, -0.05) is 20.8 Å². The lowest BCUT2D eigenvalue weighted by Crippen LogP contribution is -2.38. The number of fused-ring (bicyclic) bond motifs is 1. The van der Waals surface area contributed by atoms with Crippen molar-refractivity contribution in [2.24, 2.45) is 5.41 Å². The molecule has 150 valence electrons. The molecule has 1 N–H and O–H groups in total. The Labute approximate surface area is 157 Å². The molecule has 1 aromatic carbocycles. The Morgan fingerprint density at radius 3 is 2.37 bits per heavy atom. The lowest BCUT2D eigenvalue weighted by atomic mass is 9.92. The van der Waals surface area contributed by atoms with Crippen molar-refractivity contribution in [1.82, 2.24) is 10.2 Å². The molecule has 2 heterocycles. The molecular weight excluding hydrogens is 359 g/mol. The number of ether oxygens (including phenoxy) is 1. The lowest BCUT2D eigenvalue weighted by Gasteiger charge is -2.22. The smallest absolute Gasteiger partial charge is 0.406 e. The van der Waals surface area contributed by atoms with Crippen molar-refractivity contribution in [3.8, 4) is 5.75 Å². The molecule has 5 nitrogen and oxygen atoms in total. The van der Waals surface area contributed by atoms with Gasteiger partial charge in [0.25, 0.3) is 0 Å². The van der Waals surface area contributed by atoms with Crippen LogP contribution in [-0.4, -0.2) is 49.0 Å². The number of amides is 2. The highest BCUT2D eigenvalue weighted by atomic mass is 19.4. The minimum atomic E-state index is -4.72. The van der Waals surface area contributed by atoms with Crippen molar-refractivity contribution in [2.45, 2.75) is 52.1 Å². The minimum absolute atomic E-state index is 0.0930. The van der Waals surface area contributed by atoms with Gasteiger partial charge < -0.3 is 15.0 Å². The fourth-order valence-corrected chi connectivity index (χ4v) is 3.61. The first-order valence-electron chi connectivity index (χ1n) is 9.19. The maximum Gasteiger partial charge on any atom is 0.573 e. The molecule has 2 aliphatic heterocycles. The summed E-state index contributed by atoms with van der Waals surface area (Å²) in [7, 11) is 0. The van der Waals surface area contributed by atoms with Gasteiger partial charge in [0.2, 0.25) is 0 Å². The second-order valence-corrected chi connectivity index (χ2v) is 8.44. The van der Waals surface area contributed by atoms with E-state index in [-0.39, 0.29) is 23.2 Å². The summed E-state index contributed by atoms with van der Waals surface area (Å²) in [5.41, 5.74) is 0.859. The molecule has 0 spiro atoms. The Balaban J connectivity index is 1.55. The van der Waals surface area contributed by atoms with Gasteiger partial charge in [0.15, 0.2) is 0 Å². The van der Waals surface area contributed by atoms with Gasteiger partial charge in [-0.3, -0.25) is 4.90 Å². The van der Waals surface area contributed by atoms with Gasteiger partial charge in [-0.25, -0.2) is 4.79 Å². The largest absolute Gasteiger partial charge is 0.573 e. The number of hydrogen-bond acceptors (Lipinski definition) is 3. The van der Waals surface area contributed by atoms with Gasteiger partial charge in [-0.15, -0.1) is 13.2 Å². The standard InChI is InChI=1S/C19H26F3N3O2/c1-18(2,3)8-9-23-13-10-15-12-25(17(26)24(15)11-13)14-4-6-16(7-5-14)27-19(20,21)22/h4-7,13,15,23H,8-12H2,1-3H3/t13-,15+/m1/s1. The van der Waals surface area contributed by atoms with E-state index in [1.54, 1.807) is 4.90 Å². The maximum absolute atomic E-state index is 12.7. The normalized spacial score (nSPS) is 23.1. The third kappa shape index (κ3) is 5.06. The number of carbonyl (C=O) groups is 1. The molecule has 1 aromatic rings. The van der Waals surface area contributed by atoms with Gasteiger partial charge in [0, 0.05) is 24.8 Å². The number of nitrogens with one attached hydrogen (secondary N) is 1. The van der Waals surface area contributed by atoms with Gasteiger partial charge in [0.05, 0.1) is 6.04 Å². The van der Waals surface area contributed by atoms with Crippen molar-refractivity contribution in [3.63, 3.8) is 0 Å². The van der Waals surface area contributed by atoms with Crippen molar-refractivity contribution >= 4 is 11.7 Å². The van der Waals surface area contributed by atoms with Crippen molar-refractivity contribution < 1.29 is 22.7 Å². The maximum atomic E-state index is 12.7. The van der Waals surface area contributed by atoms with E-state index in [9.17, 15) is 18.0 Å². The van der Waals surface area contributed by atoms with Crippen molar-refractivity contribution in [2.75, 3.05) is 24.5 Å². The summed E-state index contributed by atoms with van der Waals surface area (Å²) in [5.74, 6) is -0.290. The predicted octanol–water partition coefficient (Wildman–Crippen LogP) is 3.99. The van der Waals surface area contributed by atoms with Gasteiger partial charge in [0.1, 0.15) is 5.75 Å². The number of hydrogen-bond donors (Lipinski definition) is 1. The molecule has 0 aliphatic carbocycles. The van der Waals surface area contributed by atoms with E-state index >= 15 is 0 Å². The van der Waals surface area contributed by atoms with Crippen LogP contribution in [0.3, 0.4) is 0 Å². The molecule has 0 aromatic heterocycles. The van der Waals surface area contributed by atoms with E-state index in [0.717, 1.165) is 19.4 Å². The molecule has 2 aliphatic rings. The van der Waals surface area contributed by atoms with Gasteiger partial charge >= 0.3 is 12.4 Å². The second kappa shape index (κ2) is 7.22. The number of carbonyl (C=O) groups excluding carboxylic acids is 1. The molecule has 0 saturated carbocycles. The van der Waals surface area contributed by atoms with E-state index in [2.05, 4.69) is 30.8 Å². The van der Waals surface area contributed by atoms with Crippen molar-refractivity contribution in [3.05, 3.63) is 24.3 Å². The number of benzene rings is 1. The van der Waals surface area contributed by atoms with E-state index in [1.807, 2.05) is 4.90 Å². The van der Waals surface area contributed by atoms with Crippen LogP contribution >= 0.6 is 0 Å². The highest BCUT2D eigenvalue weighted by molar-refractivity contribution is 5.95. The first kappa shape index (κ1) is 19.8. The lowest BCUT2D eigenvalue weighted by molar-refractivity contribution is -0.274. The molecule has 2 fully saturated rings. The van der Waals surface area contributed by atoms with Gasteiger partial charge in [-0.05, 0) is 49.1 Å². The Hall–Kier alpha value is -1.96. The number of alkyl halides is 3. The van der Waals surface area contributed by atoms with Crippen LogP contribution in [0.15, 0.2) is 24.3 Å². The van der Waals surface area contributed by atoms with Crippen LogP contribution in [0.1, 0.15) is 33.6 Å². The van der Waals surface area contributed by atoms with Crippen LogP contribution in [0.5, 0.6) is 5.75 Å². The average molecular weight is 385 g/mol. The number of anilines is 1. The van der Waals surface area contributed by atoms with Crippen LogP contribution < -0.4 is 15.0 Å². The van der Waals surface area contributed by atoms with Crippen LogP contribution in [0, 0.1) is 5.41 Å². The molecule has 0 radical (unpaired) electrons. The Morgan fingerprint density at radius 1 is 1.15 bits per heavy atom. The summed E-state index contributed by atoms with van der Waals surface area (Å²) in [6.45, 7) is 8.75. The topological polar surface area (TPSA) is 44.8 Å². The predicted molar refractivity (Wildman–Crippen MR) is 96.8 cm³/mol. The summed E-state index contributed by atoms with van der Waals surface area (Å²) < 4.78 is 40.6. The Bertz CT molecular complexity index is 670. The van der Waals surface area contributed by atoms with Crippen LogP contribution in [0.4, 0.5) is 23.7 Å². The van der Waals surface area contributed by atoms with Crippen LogP contribution in [0.2, 0.25) is 0 Å². The molecule has 0 unspecified atom stereocenters. The molecule has 0 bridgehead atoms. The fourth-order valence-electron chi connectivity index (χ4n) is 3.61. The van der Waals surface area contributed by atoms with Gasteiger partial charge in [-0.2, -0.15) is 0 Å². The van der Waals surface area contributed by atoms with E-state index in [4.69, 9.17) is 0 Å². The van der Waals surface area contributed by atoms with Crippen LogP contribution in [-0.2, 0) is 0 Å². The molecule has 8 heteroatoms. The average Bonchev–Trinajstić information content (AvgIpc) is 3.05. The molecular formula is C19H26F3N3O2. The quantitative estimate of drug-likeness (QED) is 0.834. The summed E-state index contributed by atoms with van der Waals surface area (Å²) in [4.78, 5) is 16.2. The zero-order valence-electron chi connectivity index (χ0n) is 15.8. The number of halogens is 3.